The Hall–Kier alpha value is -3.32. The lowest BCUT2D eigenvalue weighted by Gasteiger charge is -2.18. The zero-order valence-electron chi connectivity index (χ0n) is 17.3. The Morgan fingerprint density at radius 3 is 1.60 bits per heavy atom. The number of rotatable bonds is 10. The fourth-order valence-corrected chi connectivity index (χ4v) is 3.51. The van der Waals surface area contributed by atoms with Crippen molar-refractivity contribution >= 4 is 0 Å². The van der Waals surface area contributed by atoms with Gasteiger partial charge in [0.25, 0.3) is 0 Å². The molecular weight excluding hydrogens is 374 g/mol. The third kappa shape index (κ3) is 5.61. The predicted octanol–water partition coefficient (Wildman–Crippen LogP) is 3.38. The Labute approximate surface area is 177 Å². The maximum Gasteiger partial charge on any atom is 0.0967 e. The summed E-state index contributed by atoms with van der Waals surface area (Å²) in [6.45, 7) is 6.11. The molecule has 2 aromatic carbocycles. The van der Waals surface area contributed by atoms with E-state index in [-0.39, 0.29) is 0 Å². The van der Waals surface area contributed by atoms with E-state index >= 15 is 0 Å². The van der Waals surface area contributed by atoms with Crippen molar-refractivity contribution in [3.05, 3.63) is 95.6 Å². The van der Waals surface area contributed by atoms with Gasteiger partial charge < -0.3 is 0 Å². The molecule has 30 heavy (non-hydrogen) atoms. The monoisotopic (exact) mass is 401 g/mol. The predicted molar refractivity (Wildman–Crippen MR) is 116 cm³/mol. The van der Waals surface area contributed by atoms with Crippen LogP contribution >= 0.6 is 0 Å². The minimum atomic E-state index is 0.732. The molecule has 0 unspecified atom stereocenters. The Balaban J connectivity index is 1.36. The second-order valence-electron chi connectivity index (χ2n) is 7.50. The van der Waals surface area contributed by atoms with Crippen molar-refractivity contribution in [3.8, 4) is 0 Å². The van der Waals surface area contributed by atoms with Gasteiger partial charge in [-0.05, 0) is 24.1 Å². The number of nitrogens with zero attached hydrogens (tertiary/aromatic N) is 7. The number of hydrogen-bond donors (Lipinski definition) is 0. The first-order chi connectivity index (χ1) is 14.8. The Morgan fingerprint density at radius 2 is 1.17 bits per heavy atom. The van der Waals surface area contributed by atoms with Gasteiger partial charge in [-0.2, -0.15) is 0 Å². The van der Waals surface area contributed by atoms with Crippen molar-refractivity contribution in [1.82, 2.24) is 34.9 Å². The van der Waals surface area contributed by atoms with E-state index in [9.17, 15) is 0 Å². The molecule has 0 spiro atoms. The van der Waals surface area contributed by atoms with Crippen LogP contribution in [0.4, 0.5) is 0 Å². The van der Waals surface area contributed by atoms with Crippen LogP contribution < -0.4 is 0 Å². The summed E-state index contributed by atoms with van der Waals surface area (Å²) in [4.78, 5) is 2.34. The Bertz CT molecular complexity index is 942. The maximum atomic E-state index is 4.37. The van der Waals surface area contributed by atoms with Crippen LogP contribution in [0.5, 0.6) is 0 Å². The lowest BCUT2D eigenvalue weighted by atomic mass is 10.2. The summed E-state index contributed by atoms with van der Waals surface area (Å²) in [5, 5.41) is 17.3. The fraction of sp³-hybridized carbons (Fsp3) is 0.304. The van der Waals surface area contributed by atoms with Crippen LogP contribution in [0.3, 0.4) is 0 Å². The van der Waals surface area contributed by atoms with Gasteiger partial charge in [0.05, 0.1) is 36.9 Å². The fourth-order valence-electron chi connectivity index (χ4n) is 3.51. The molecular formula is C23H27N7. The molecule has 0 aliphatic heterocycles. The molecule has 0 aliphatic rings. The summed E-state index contributed by atoms with van der Waals surface area (Å²) in [5.41, 5.74) is 4.37. The van der Waals surface area contributed by atoms with E-state index in [1.165, 1.54) is 11.1 Å². The molecule has 2 heterocycles. The average molecular weight is 402 g/mol. The van der Waals surface area contributed by atoms with Crippen molar-refractivity contribution in [2.24, 2.45) is 0 Å². The van der Waals surface area contributed by atoms with Crippen molar-refractivity contribution in [2.45, 2.75) is 39.5 Å². The van der Waals surface area contributed by atoms with Crippen molar-refractivity contribution in [3.63, 3.8) is 0 Å². The zero-order valence-corrected chi connectivity index (χ0v) is 17.3. The minimum absolute atomic E-state index is 0.732. The van der Waals surface area contributed by atoms with Crippen molar-refractivity contribution in [2.75, 3.05) is 6.54 Å². The molecule has 7 heteroatoms. The lowest BCUT2D eigenvalue weighted by Crippen LogP contribution is -2.24. The zero-order chi connectivity index (χ0) is 20.6. The summed E-state index contributed by atoms with van der Waals surface area (Å²) >= 11 is 0. The quantitative estimate of drug-likeness (QED) is 0.408. The first kappa shape index (κ1) is 20.0. The van der Waals surface area contributed by atoms with Gasteiger partial charge in [-0.3, -0.25) is 4.90 Å². The van der Waals surface area contributed by atoms with E-state index in [0.717, 1.165) is 50.5 Å². The highest BCUT2D eigenvalue weighted by molar-refractivity contribution is 5.15. The number of benzene rings is 2. The van der Waals surface area contributed by atoms with Crippen LogP contribution in [0.15, 0.2) is 73.1 Å². The first-order valence-corrected chi connectivity index (χ1v) is 10.4. The van der Waals surface area contributed by atoms with Crippen molar-refractivity contribution in [1.29, 1.82) is 0 Å². The van der Waals surface area contributed by atoms with Crippen LogP contribution in [0.1, 0.15) is 35.9 Å². The molecule has 0 amide bonds. The summed E-state index contributed by atoms with van der Waals surface area (Å²) in [7, 11) is 0. The van der Waals surface area contributed by atoms with E-state index in [4.69, 9.17) is 0 Å². The molecule has 0 bridgehead atoms. The molecule has 4 aromatic rings. The van der Waals surface area contributed by atoms with Gasteiger partial charge in [0.1, 0.15) is 0 Å². The molecule has 0 atom stereocenters. The second-order valence-corrected chi connectivity index (χ2v) is 7.50. The summed E-state index contributed by atoms with van der Waals surface area (Å²) in [6.07, 6.45) is 5.13. The highest BCUT2D eigenvalue weighted by Gasteiger charge is 2.12. The molecule has 4 rings (SSSR count). The Kier molecular flexibility index (Phi) is 6.61. The molecule has 0 aliphatic carbocycles. The topological polar surface area (TPSA) is 64.7 Å². The van der Waals surface area contributed by atoms with Crippen LogP contribution in [0, 0.1) is 0 Å². The van der Waals surface area contributed by atoms with Gasteiger partial charge in [-0.25, -0.2) is 9.36 Å². The van der Waals surface area contributed by atoms with E-state index in [0.29, 0.717) is 0 Å². The molecule has 0 saturated heterocycles. The molecule has 0 fully saturated rings. The van der Waals surface area contributed by atoms with Crippen molar-refractivity contribution < 1.29 is 0 Å². The molecule has 2 aromatic heterocycles. The average Bonchev–Trinajstić information content (AvgIpc) is 3.39. The van der Waals surface area contributed by atoms with Gasteiger partial charge in [-0.15, -0.1) is 10.2 Å². The molecule has 7 nitrogen and oxygen atoms in total. The first-order valence-electron chi connectivity index (χ1n) is 10.4. The summed E-state index contributed by atoms with van der Waals surface area (Å²) < 4.78 is 3.79. The molecule has 154 valence electrons. The molecule has 0 N–H and O–H groups in total. The maximum absolute atomic E-state index is 4.37. The lowest BCUT2D eigenvalue weighted by molar-refractivity contribution is 0.251. The van der Waals surface area contributed by atoms with E-state index in [2.05, 4.69) is 56.7 Å². The Morgan fingerprint density at radius 1 is 0.700 bits per heavy atom. The number of hydrogen-bond acceptors (Lipinski definition) is 5. The third-order valence-corrected chi connectivity index (χ3v) is 4.86. The molecule has 0 saturated carbocycles. The largest absolute Gasteiger partial charge is 0.291 e. The molecule has 0 radical (unpaired) electrons. The van der Waals surface area contributed by atoms with Crippen LogP contribution in [0.25, 0.3) is 0 Å². The van der Waals surface area contributed by atoms with Gasteiger partial charge in [-0.1, -0.05) is 78.0 Å². The standard InChI is InChI=1S/C23H27N7/c1-2-13-28(16-22-18-29(26-24-22)14-20-9-5-3-6-10-20)17-23-19-30(27-25-23)15-21-11-7-4-8-12-21/h3-12,18-19H,2,13-17H2,1H3. The van der Waals surface area contributed by atoms with E-state index < -0.39 is 0 Å². The highest BCUT2D eigenvalue weighted by atomic mass is 15.4. The second kappa shape index (κ2) is 9.93. The van der Waals surface area contributed by atoms with Gasteiger partial charge >= 0.3 is 0 Å². The van der Waals surface area contributed by atoms with E-state index in [1.54, 1.807) is 0 Å². The SMILES string of the molecule is CCCN(Cc1cn(Cc2ccccc2)nn1)Cc1cn(Cc2ccccc2)nn1. The van der Waals surface area contributed by atoms with Crippen LogP contribution in [0.2, 0.25) is 0 Å². The highest BCUT2D eigenvalue weighted by Crippen LogP contribution is 2.09. The minimum Gasteiger partial charge on any atom is -0.291 e. The smallest absolute Gasteiger partial charge is 0.0967 e. The van der Waals surface area contributed by atoms with Crippen LogP contribution in [-0.4, -0.2) is 41.4 Å². The third-order valence-electron chi connectivity index (χ3n) is 4.86. The van der Waals surface area contributed by atoms with Gasteiger partial charge in [0, 0.05) is 13.1 Å². The van der Waals surface area contributed by atoms with Gasteiger partial charge in [0.2, 0.25) is 0 Å². The number of aromatic nitrogens is 6. The van der Waals surface area contributed by atoms with E-state index in [1.807, 2.05) is 58.2 Å². The van der Waals surface area contributed by atoms with Crippen LogP contribution in [-0.2, 0) is 26.2 Å². The summed E-state index contributed by atoms with van der Waals surface area (Å²) in [6, 6.07) is 20.6. The normalized spacial score (nSPS) is 11.3. The van der Waals surface area contributed by atoms with Gasteiger partial charge in [0.15, 0.2) is 0 Å². The summed E-state index contributed by atoms with van der Waals surface area (Å²) in [5.74, 6) is 0.